The van der Waals surface area contributed by atoms with Crippen molar-refractivity contribution in [3.63, 3.8) is 0 Å². The van der Waals surface area contributed by atoms with Gasteiger partial charge in [0.05, 0.1) is 6.61 Å². The van der Waals surface area contributed by atoms with Gasteiger partial charge in [-0.1, -0.05) is 18.2 Å². The van der Waals surface area contributed by atoms with Crippen LogP contribution in [0.3, 0.4) is 0 Å². The van der Waals surface area contributed by atoms with Gasteiger partial charge in [0.1, 0.15) is 5.58 Å². The van der Waals surface area contributed by atoms with Crippen molar-refractivity contribution in [2.24, 2.45) is 17.8 Å². The van der Waals surface area contributed by atoms with E-state index in [2.05, 4.69) is 5.32 Å². The van der Waals surface area contributed by atoms with Crippen LogP contribution in [-0.4, -0.2) is 30.6 Å². The third kappa shape index (κ3) is 3.41. The molecule has 1 amide bonds. The molecule has 1 aromatic heterocycles. The van der Waals surface area contributed by atoms with Crippen molar-refractivity contribution in [1.82, 2.24) is 5.32 Å². The molecule has 1 heterocycles. The van der Waals surface area contributed by atoms with Gasteiger partial charge in [0.2, 0.25) is 5.76 Å². The summed E-state index contributed by atoms with van der Waals surface area (Å²) in [5.41, 5.74) is 1.14. The standard InChI is InChI=1S/C24H29NO5/c1-14(22(26)25-24-10-15-7-16(11-24)9-17(8-15)12-24)29-23(27)21-19(13-28-2)18-5-3-4-6-20(18)30-21/h3-6,14-17H,7-13H2,1-2H3,(H,25,26)/t14-,15?,16?,17?,24?/m1/s1. The number of fused-ring (bicyclic) bond motifs is 1. The number of para-hydroxylation sites is 1. The van der Waals surface area contributed by atoms with Crippen LogP contribution in [0.4, 0.5) is 0 Å². The minimum atomic E-state index is -0.880. The molecular formula is C24H29NO5. The van der Waals surface area contributed by atoms with E-state index in [9.17, 15) is 9.59 Å². The van der Waals surface area contributed by atoms with Crippen molar-refractivity contribution in [2.45, 2.75) is 63.7 Å². The molecular weight excluding hydrogens is 382 g/mol. The fourth-order valence-corrected chi connectivity index (χ4v) is 6.45. The number of carbonyl (C=O) groups excluding carboxylic acids is 2. The van der Waals surface area contributed by atoms with Crippen LogP contribution in [0.1, 0.15) is 61.6 Å². The molecule has 30 heavy (non-hydrogen) atoms. The highest BCUT2D eigenvalue weighted by molar-refractivity contribution is 5.97. The molecule has 2 aromatic rings. The molecule has 4 bridgehead atoms. The van der Waals surface area contributed by atoms with Crippen LogP contribution in [0, 0.1) is 17.8 Å². The number of esters is 1. The van der Waals surface area contributed by atoms with Gasteiger partial charge in [-0.15, -0.1) is 0 Å². The van der Waals surface area contributed by atoms with E-state index in [-0.39, 0.29) is 23.8 Å². The van der Waals surface area contributed by atoms with Crippen molar-refractivity contribution in [3.8, 4) is 0 Å². The van der Waals surface area contributed by atoms with Crippen molar-refractivity contribution < 1.29 is 23.5 Å². The van der Waals surface area contributed by atoms with Crippen LogP contribution in [0.25, 0.3) is 11.0 Å². The van der Waals surface area contributed by atoms with E-state index in [0.717, 1.165) is 42.4 Å². The zero-order chi connectivity index (χ0) is 20.9. The average Bonchev–Trinajstić information content (AvgIpc) is 3.05. The van der Waals surface area contributed by atoms with Gasteiger partial charge in [0.25, 0.3) is 5.91 Å². The molecule has 1 atom stereocenters. The maximum atomic E-state index is 12.9. The normalized spacial score (nSPS) is 30.4. The van der Waals surface area contributed by atoms with E-state index in [0.29, 0.717) is 11.1 Å². The lowest BCUT2D eigenvalue weighted by molar-refractivity contribution is -0.135. The predicted molar refractivity (Wildman–Crippen MR) is 111 cm³/mol. The quantitative estimate of drug-likeness (QED) is 0.721. The second kappa shape index (κ2) is 7.41. The van der Waals surface area contributed by atoms with Crippen molar-refractivity contribution in [3.05, 3.63) is 35.6 Å². The molecule has 0 aliphatic heterocycles. The first-order valence-electron chi connectivity index (χ1n) is 11.0. The smallest absolute Gasteiger partial charge is 0.375 e. The van der Waals surface area contributed by atoms with Crippen molar-refractivity contribution in [2.75, 3.05) is 7.11 Å². The SMILES string of the molecule is COCc1c(C(=O)O[C@H](C)C(=O)NC23CC4CC(CC(C4)C2)C3)oc2ccccc12. The molecule has 4 aliphatic carbocycles. The van der Waals surface area contributed by atoms with Gasteiger partial charge in [-0.05, 0) is 69.3 Å². The first-order valence-corrected chi connectivity index (χ1v) is 11.0. The first-order chi connectivity index (χ1) is 14.5. The lowest BCUT2D eigenvalue weighted by atomic mass is 9.53. The van der Waals surface area contributed by atoms with Crippen LogP contribution < -0.4 is 5.32 Å². The largest absolute Gasteiger partial charge is 0.449 e. The zero-order valence-electron chi connectivity index (χ0n) is 17.6. The van der Waals surface area contributed by atoms with Crippen LogP contribution in [0.2, 0.25) is 0 Å². The summed E-state index contributed by atoms with van der Waals surface area (Å²) < 4.78 is 16.5. The number of nitrogens with one attached hydrogen (secondary N) is 1. The Morgan fingerprint density at radius 1 is 1.13 bits per heavy atom. The topological polar surface area (TPSA) is 77.8 Å². The summed E-state index contributed by atoms with van der Waals surface area (Å²) in [7, 11) is 1.57. The van der Waals surface area contributed by atoms with Gasteiger partial charge in [0.15, 0.2) is 6.10 Å². The summed E-state index contributed by atoms with van der Waals surface area (Å²) in [6.45, 7) is 1.86. The second-order valence-corrected chi connectivity index (χ2v) is 9.57. The highest BCUT2D eigenvalue weighted by Gasteiger charge is 2.51. The number of furan rings is 1. The molecule has 1 N–H and O–H groups in total. The molecule has 4 fully saturated rings. The summed E-state index contributed by atoms with van der Waals surface area (Å²) in [6, 6.07) is 7.41. The Morgan fingerprint density at radius 2 is 1.77 bits per heavy atom. The zero-order valence-corrected chi connectivity index (χ0v) is 17.6. The molecule has 0 saturated heterocycles. The summed E-state index contributed by atoms with van der Waals surface area (Å²) >= 11 is 0. The Balaban J connectivity index is 1.29. The molecule has 6 nitrogen and oxygen atoms in total. The van der Waals surface area contributed by atoms with E-state index in [1.807, 2.05) is 18.2 Å². The third-order valence-corrected chi connectivity index (χ3v) is 7.25. The summed E-state index contributed by atoms with van der Waals surface area (Å²) in [4.78, 5) is 25.8. The Hall–Kier alpha value is -2.34. The Kier molecular flexibility index (Phi) is 4.85. The Bertz CT molecular complexity index is 942. The maximum Gasteiger partial charge on any atom is 0.375 e. The highest BCUT2D eigenvalue weighted by Crippen LogP contribution is 2.55. The number of benzene rings is 1. The van der Waals surface area contributed by atoms with E-state index in [1.54, 1.807) is 20.1 Å². The first kappa shape index (κ1) is 19.6. The minimum Gasteiger partial charge on any atom is -0.449 e. The lowest BCUT2D eigenvalue weighted by Crippen LogP contribution is -2.61. The monoisotopic (exact) mass is 411 g/mol. The second-order valence-electron chi connectivity index (χ2n) is 9.57. The van der Waals surface area contributed by atoms with Crippen LogP contribution in [0.15, 0.2) is 28.7 Å². The number of hydrogen-bond donors (Lipinski definition) is 1. The van der Waals surface area contributed by atoms with Crippen LogP contribution >= 0.6 is 0 Å². The number of hydrogen-bond acceptors (Lipinski definition) is 5. The summed E-state index contributed by atoms with van der Waals surface area (Å²) in [6.07, 6.45) is 6.25. The van der Waals surface area contributed by atoms with E-state index in [4.69, 9.17) is 13.9 Å². The van der Waals surface area contributed by atoms with Gasteiger partial charge in [-0.3, -0.25) is 4.79 Å². The average molecular weight is 411 g/mol. The van der Waals surface area contributed by atoms with Gasteiger partial charge in [0, 0.05) is 23.6 Å². The van der Waals surface area contributed by atoms with E-state index < -0.39 is 12.1 Å². The highest BCUT2D eigenvalue weighted by atomic mass is 16.6. The van der Waals surface area contributed by atoms with Crippen molar-refractivity contribution >= 4 is 22.8 Å². The molecule has 6 rings (SSSR count). The Labute approximate surface area is 176 Å². The van der Waals surface area contributed by atoms with Crippen LogP contribution in [-0.2, 0) is 20.9 Å². The predicted octanol–water partition coefficient (Wildman–Crippen LogP) is 4.21. The third-order valence-electron chi connectivity index (χ3n) is 7.25. The van der Waals surface area contributed by atoms with E-state index >= 15 is 0 Å². The molecule has 0 spiro atoms. The number of carbonyl (C=O) groups is 2. The lowest BCUT2D eigenvalue weighted by Gasteiger charge is -2.57. The molecule has 6 heteroatoms. The van der Waals surface area contributed by atoms with Gasteiger partial charge < -0.3 is 19.2 Å². The van der Waals surface area contributed by atoms with Crippen molar-refractivity contribution in [1.29, 1.82) is 0 Å². The number of methoxy groups -OCH3 is 1. The number of ether oxygens (including phenoxy) is 2. The fraction of sp³-hybridized carbons (Fsp3) is 0.583. The van der Waals surface area contributed by atoms with E-state index in [1.165, 1.54) is 19.3 Å². The molecule has 0 unspecified atom stereocenters. The molecule has 4 saturated carbocycles. The maximum absolute atomic E-state index is 12.9. The Morgan fingerprint density at radius 3 is 2.40 bits per heavy atom. The molecule has 160 valence electrons. The number of rotatable bonds is 6. The minimum absolute atomic E-state index is 0.104. The van der Waals surface area contributed by atoms with Gasteiger partial charge in [-0.25, -0.2) is 4.79 Å². The molecule has 4 aliphatic rings. The molecule has 0 radical (unpaired) electrons. The fourth-order valence-electron chi connectivity index (χ4n) is 6.45. The van der Waals surface area contributed by atoms with Gasteiger partial charge >= 0.3 is 5.97 Å². The van der Waals surface area contributed by atoms with Crippen LogP contribution in [0.5, 0.6) is 0 Å². The number of amides is 1. The van der Waals surface area contributed by atoms with Gasteiger partial charge in [-0.2, -0.15) is 0 Å². The summed E-state index contributed by atoms with van der Waals surface area (Å²) in [5, 5.41) is 4.09. The summed E-state index contributed by atoms with van der Waals surface area (Å²) in [5.74, 6) is 1.47. The molecule has 1 aromatic carbocycles.